The predicted molar refractivity (Wildman–Crippen MR) is 91.8 cm³/mol. The van der Waals surface area contributed by atoms with E-state index in [1.165, 1.54) is 0 Å². The molecule has 0 radical (unpaired) electrons. The van der Waals surface area contributed by atoms with Crippen molar-refractivity contribution in [2.24, 2.45) is 0 Å². The van der Waals surface area contributed by atoms with Crippen molar-refractivity contribution in [3.63, 3.8) is 0 Å². The number of aryl methyl sites for hydroxylation is 1. The molecule has 1 N–H and O–H groups in total. The molecular formula is C16H21BrClN3. The van der Waals surface area contributed by atoms with E-state index in [0.717, 1.165) is 46.8 Å². The van der Waals surface area contributed by atoms with Gasteiger partial charge in [0.1, 0.15) is 5.82 Å². The summed E-state index contributed by atoms with van der Waals surface area (Å²) in [7, 11) is 0. The Morgan fingerprint density at radius 1 is 1.33 bits per heavy atom. The number of nitrogens with one attached hydrogen (secondary N) is 1. The zero-order valence-corrected chi connectivity index (χ0v) is 14.8. The highest BCUT2D eigenvalue weighted by atomic mass is 79.9. The van der Waals surface area contributed by atoms with E-state index in [1.807, 2.05) is 24.5 Å². The van der Waals surface area contributed by atoms with Gasteiger partial charge in [0.25, 0.3) is 0 Å². The van der Waals surface area contributed by atoms with Crippen LogP contribution < -0.4 is 5.32 Å². The van der Waals surface area contributed by atoms with Crippen molar-refractivity contribution in [1.29, 1.82) is 0 Å². The highest BCUT2D eigenvalue weighted by Gasteiger charge is 2.19. The summed E-state index contributed by atoms with van der Waals surface area (Å²) in [6, 6.07) is 6.15. The van der Waals surface area contributed by atoms with E-state index < -0.39 is 0 Å². The molecule has 1 aromatic heterocycles. The van der Waals surface area contributed by atoms with E-state index >= 15 is 0 Å². The summed E-state index contributed by atoms with van der Waals surface area (Å²) in [6.45, 7) is 6.26. The lowest BCUT2D eigenvalue weighted by Crippen LogP contribution is -2.26. The summed E-state index contributed by atoms with van der Waals surface area (Å²) in [5.41, 5.74) is 1.14. The van der Waals surface area contributed by atoms with Gasteiger partial charge in [0, 0.05) is 23.4 Å². The van der Waals surface area contributed by atoms with Crippen LogP contribution in [0.25, 0.3) is 0 Å². The lowest BCUT2D eigenvalue weighted by atomic mass is 10.1. The number of nitrogens with zero attached hydrogens (tertiary/aromatic N) is 2. The Morgan fingerprint density at radius 2 is 2.14 bits per heavy atom. The number of hydrogen-bond donors (Lipinski definition) is 1. The van der Waals surface area contributed by atoms with Crippen LogP contribution in [-0.4, -0.2) is 16.1 Å². The van der Waals surface area contributed by atoms with Crippen LogP contribution in [-0.2, 0) is 6.54 Å². The van der Waals surface area contributed by atoms with Crippen LogP contribution in [0.4, 0.5) is 0 Å². The molecule has 0 aliphatic rings. The van der Waals surface area contributed by atoms with E-state index in [0.29, 0.717) is 0 Å². The molecule has 0 aliphatic carbocycles. The lowest BCUT2D eigenvalue weighted by molar-refractivity contribution is 0.530. The molecule has 0 saturated heterocycles. The number of hydrogen-bond acceptors (Lipinski definition) is 2. The molecule has 0 bridgehead atoms. The van der Waals surface area contributed by atoms with Crippen molar-refractivity contribution in [3.05, 3.63) is 51.5 Å². The van der Waals surface area contributed by atoms with E-state index in [4.69, 9.17) is 11.6 Å². The lowest BCUT2D eigenvalue weighted by Gasteiger charge is -2.20. The molecule has 3 nitrogen and oxygen atoms in total. The van der Waals surface area contributed by atoms with Crippen molar-refractivity contribution in [3.8, 4) is 0 Å². The van der Waals surface area contributed by atoms with Gasteiger partial charge in [-0.05, 0) is 53.0 Å². The predicted octanol–water partition coefficient (Wildman–Crippen LogP) is 4.80. The number of rotatable bonds is 7. The second-order valence-corrected chi connectivity index (χ2v) is 6.30. The first kappa shape index (κ1) is 16.5. The molecule has 1 heterocycles. The minimum Gasteiger partial charge on any atom is -0.333 e. The van der Waals surface area contributed by atoms with Crippen LogP contribution in [0, 0.1) is 0 Å². The second-order valence-electron chi connectivity index (χ2n) is 5.04. The minimum absolute atomic E-state index is 0.0668. The average Bonchev–Trinajstić information content (AvgIpc) is 2.92. The molecule has 0 fully saturated rings. The topological polar surface area (TPSA) is 29.9 Å². The van der Waals surface area contributed by atoms with Gasteiger partial charge in [-0.1, -0.05) is 31.5 Å². The standard InChI is InChI=1S/C16H21BrClN3/c1-3-7-19-15(12-5-6-13(17)14(18)11-12)16-20-8-10-21(16)9-4-2/h5-6,8,10-11,15,19H,3-4,7,9H2,1-2H3. The van der Waals surface area contributed by atoms with Crippen LogP contribution in [0.2, 0.25) is 5.02 Å². The first-order chi connectivity index (χ1) is 10.2. The molecule has 1 unspecified atom stereocenters. The quantitative estimate of drug-likeness (QED) is 0.759. The van der Waals surface area contributed by atoms with Crippen LogP contribution in [0.15, 0.2) is 35.1 Å². The third kappa shape index (κ3) is 4.09. The molecule has 0 amide bonds. The van der Waals surface area contributed by atoms with Gasteiger partial charge in [-0.15, -0.1) is 0 Å². The van der Waals surface area contributed by atoms with Crippen molar-refractivity contribution in [2.75, 3.05) is 6.54 Å². The van der Waals surface area contributed by atoms with Gasteiger partial charge < -0.3 is 9.88 Å². The molecule has 2 aromatic rings. The molecule has 5 heteroatoms. The first-order valence-corrected chi connectivity index (χ1v) is 8.53. The Kier molecular flexibility index (Phi) is 6.27. The van der Waals surface area contributed by atoms with E-state index in [9.17, 15) is 0 Å². The summed E-state index contributed by atoms with van der Waals surface area (Å²) in [4.78, 5) is 4.56. The first-order valence-electron chi connectivity index (χ1n) is 7.36. The molecule has 0 spiro atoms. The largest absolute Gasteiger partial charge is 0.333 e. The fourth-order valence-electron chi connectivity index (χ4n) is 2.35. The second kappa shape index (κ2) is 7.97. The number of halogens is 2. The fraction of sp³-hybridized carbons (Fsp3) is 0.438. The van der Waals surface area contributed by atoms with Gasteiger partial charge in [0.2, 0.25) is 0 Å². The van der Waals surface area contributed by atoms with Crippen LogP contribution in [0.5, 0.6) is 0 Å². The van der Waals surface area contributed by atoms with Gasteiger partial charge in [0.05, 0.1) is 11.1 Å². The van der Waals surface area contributed by atoms with Gasteiger partial charge >= 0.3 is 0 Å². The summed E-state index contributed by atoms with van der Waals surface area (Å²) in [5, 5.41) is 4.30. The molecule has 1 atom stereocenters. The van der Waals surface area contributed by atoms with Gasteiger partial charge in [-0.3, -0.25) is 0 Å². The zero-order chi connectivity index (χ0) is 15.2. The smallest absolute Gasteiger partial charge is 0.130 e. The summed E-state index contributed by atoms with van der Waals surface area (Å²) in [5.74, 6) is 1.05. The van der Waals surface area contributed by atoms with E-state index in [-0.39, 0.29) is 6.04 Å². The van der Waals surface area contributed by atoms with Gasteiger partial charge in [-0.25, -0.2) is 4.98 Å². The SMILES string of the molecule is CCCNC(c1ccc(Br)c(Cl)c1)c1nccn1CCC. The van der Waals surface area contributed by atoms with E-state index in [1.54, 1.807) is 0 Å². The molecular weight excluding hydrogens is 350 g/mol. The van der Waals surface area contributed by atoms with Gasteiger partial charge in [0.15, 0.2) is 0 Å². The highest BCUT2D eigenvalue weighted by Crippen LogP contribution is 2.28. The average molecular weight is 371 g/mol. The number of imidazole rings is 1. The summed E-state index contributed by atoms with van der Waals surface area (Å²) < 4.78 is 3.13. The number of aromatic nitrogens is 2. The summed E-state index contributed by atoms with van der Waals surface area (Å²) in [6.07, 6.45) is 6.08. The van der Waals surface area contributed by atoms with Crippen molar-refractivity contribution >= 4 is 27.5 Å². The Hall–Kier alpha value is -0.840. The zero-order valence-electron chi connectivity index (χ0n) is 12.4. The molecule has 1 aromatic carbocycles. The van der Waals surface area contributed by atoms with Crippen molar-refractivity contribution in [1.82, 2.24) is 14.9 Å². The van der Waals surface area contributed by atoms with Crippen molar-refractivity contribution < 1.29 is 0 Å². The Morgan fingerprint density at radius 3 is 2.81 bits per heavy atom. The molecule has 0 saturated carbocycles. The maximum atomic E-state index is 6.25. The Bertz CT molecular complexity index is 583. The van der Waals surface area contributed by atoms with Gasteiger partial charge in [-0.2, -0.15) is 0 Å². The fourth-order valence-corrected chi connectivity index (χ4v) is 2.79. The Balaban J connectivity index is 2.37. The Labute approximate surface area is 139 Å². The van der Waals surface area contributed by atoms with E-state index in [2.05, 4.69) is 50.7 Å². The van der Waals surface area contributed by atoms with Crippen LogP contribution in [0.3, 0.4) is 0 Å². The van der Waals surface area contributed by atoms with Crippen molar-refractivity contribution in [2.45, 2.75) is 39.3 Å². The monoisotopic (exact) mass is 369 g/mol. The van der Waals surface area contributed by atoms with Crippen LogP contribution >= 0.6 is 27.5 Å². The molecule has 21 heavy (non-hydrogen) atoms. The highest BCUT2D eigenvalue weighted by molar-refractivity contribution is 9.10. The molecule has 114 valence electrons. The normalized spacial score (nSPS) is 12.6. The maximum absolute atomic E-state index is 6.25. The van der Waals surface area contributed by atoms with Crippen LogP contribution in [0.1, 0.15) is 44.1 Å². The number of benzene rings is 1. The maximum Gasteiger partial charge on any atom is 0.130 e. The summed E-state index contributed by atoms with van der Waals surface area (Å²) >= 11 is 9.70. The third-order valence-electron chi connectivity index (χ3n) is 3.35. The minimum atomic E-state index is 0.0668. The molecule has 2 rings (SSSR count). The molecule has 0 aliphatic heterocycles. The third-order valence-corrected chi connectivity index (χ3v) is 4.58.